The van der Waals surface area contributed by atoms with Crippen molar-refractivity contribution in [2.75, 3.05) is 41.8 Å². The van der Waals surface area contributed by atoms with Gasteiger partial charge in [-0.05, 0) is 80.1 Å². The number of carbonyl (C=O) groups is 3. The van der Waals surface area contributed by atoms with Crippen LogP contribution in [0.25, 0.3) is 0 Å². The van der Waals surface area contributed by atoms with Crippen molar-refractivity contribution in [3.8, 4) is 0 Å². The van der Waals surface area contributed by atoms with Gasteiger partial charge in [0.1, 0.15) is 0 Å². The highest BCUT2D eigenvalue weighted by molar-refractivity contribution is 6.04. The zero-order valence-electron chi connectivity index (χ0n) is 22.5. The number of amides is 3. The minimum atomic E-state index is -0.450. The fourth-order valence-corrected chi connectivity index (χ4v) is 4.58. The van der Waals surface area contributed by atoms with Crippen molar-refractivity contribution in [3.05, 3.63) is 89.5 Å². The standard InChI is InChI=1S/C31H36N4O4/c1-3-39-30(37)24-9-11-25(12-10-24)33-31(38)34-26-13-14-28(35-19-16-22(2)17-20-35)27(21-26)29(36)32-18-15-23-7-5-4-6-8-23/h4-14,21-22H,3,15-20H2,1-2H3,(H,32,36)(H2,33,34,38). The summed E-state index contributed by atoms with van der Waals surface area (Å²) in [4.78, 5) is 40.1. The van der Waals surface area contributed by atoms with Crippen molar-refractivity contribution in [2.45, 2.75) is 33.1 Å². The second-order valence-corrected chi connectivity index (χ2v) is 9.77. The normalized spacial score (nSPS) is 13.4. The fourth-order valence-electron chi connectivity index (χ4n) is 4.58. The molecule has 3 amide bonds. The van der Waals surface area contributed by atoms with Gasteiger partial charge in [-0.2, -0.15) is 0 Å². The van der Waals surface area contributed by atoms with Crippen molar-refractivity contribution in [3.63, 3.8) is 0 Å². The number of piperidine rings is 1. The maximum Gasteiger partial charge on any atom is 0.338 e. The summed E-state index contributed by atoms with van der Waals surface area (Å²) in [5, 5.41) is 8.63. The van der Waals surface area contributed by atoms with Crippen LogP contribution >= 0.6 is 0 Å². The molecule has 39 heavy (non-hydrogen) atoms. The van der Waals surface area contributed by atoms with Gasteiger partial charge in [0, 0.05) is 36.7 Å². The van der Waals surface area contributed by atoms with E-state index in [1.165, 1.54) is 0 Å². The van der Waals surface area contributed by atoms with Gasteiger partial charge in [0.15, 0.2) is 0 Å². The number of carbonyl (C=O) groups excluding carboxylic acids is 3. The molecule has 1 saturated heterocycles. The maximum absolute atomic E-state index is 13.3. The van der Waals surface area contributed by atoms with Gasteiger partial charge in [-0.25, -0.2) is 9.59 Å². The number of benzene rings is 3. The highest BCUT2D eigenvalue weighted by atomic mass is 16.5. The molecule has 0 radical (unpaired) electrons. The molecule has 8 heteroatoms. The van der Waals surface area contributed by atoms with E-state index in [1.54, 1.807) is 37.3 Å². The maximum atomic E-state index is 13.3. The molecule has 0 saturated carbocycles. The van der Waals surface area contributed by atoms with Crippen LogP contribution in [0.1, 0.15) is 53.0 Å². The Morgan fingerprint density at radius 3 is 2.26 bits per heavy atom. The molecule has 1 heterocycles. The number of esters is 1. The van der Waals surface area contributed by atoms with Gasteiger partial charge < -0.3 is 25.6 Å². The third-order valence-electron chi connectivity index (χ3n) is 6.82. The van der Waals surface area contributed by atoms with Crippen LogP contribution in [0, 0.1) is 5.92 Å². The number of nitrogens with zero attached hydrogens (tertiary/aromatic N) is 1. The molecule has 3 aromatic carbocycles. The molecule has 0 aromatic heterocycles. The molecule has 8 nitrogen and oxygen atoms in total. The van der Waals surface area contributed by atoms with E-state index in [0.29, 0.717) is 41.6 Å². The van der Waals surface area contributed by atoms with Crippen LogP contribution in [-0.2, 0) is 11.2 Å². The summed E-state index contributed by atoms with van der Waals surface area (Å²) >= 11 is 0. The van der Waals surface area contributed by atoms with Crippen LogP contribution in [0.3, 0.4) is 0 Å². The molecule has 3 N–H and O–H groups in total. The molecule has 204 valence electrons. The molecular formula is C31H36N4O4. The Morgan fingerprint density at radius 2 is 1.56 bits per heavy atom. The summed E-state index contributed by atoms with van der Waals surface area (Å²) in [6.07, 6.45) is 2.89. The van der Waals surface area contributed by atoms with Crippen molar-refractivity contribution >= 4 is 35.0 Å². The third-order valence-corrected chi connectivity index (χ3v) is 6.82. The van der Waals surface area contributed by atoms with Crippen LogP contribution in [0.15, 0.2) is 72.8 Å². The number of urea groups is 1. The highest BCUT2D eigenvalue weighted by Gasteiger charge is 2.22. The first-order chi connectivity index (χ1) is 18.9. The van der Waals surface area contributed by atoms with Gasteiger partial charge >= 0.3 is 12.0 Å². The SMILES string of the molecule is CCOC(=O)c1ccc(NC(=O)Nc2ccc(N3CCC(C)CC3)c(C(=O)NCCc3ccccc3)c2)cc1. The smallest absolute Gasteiger partial charge is 0.338 e. The predicted molar refractivity (Wildman–Crippen MR) is 155 cm³/mol. The van der Waals surface area contributed by atoms with Crippen molar-refractivity contribution in [1.82, 2.24) is 5.32 Å². The second-order valence-electron chi connectivity index (χ2n) is 9.77. The number of anilines is 3. The molecule has 0 unspecified atom stereocenters. The monoisotopic (exact) mass is 528 g/mol. The topological polar surface area (TPSA) is 99.8 Å². The largest absolute Gasteiger partial charge is 0.462 e. The van der Waals surface area contributed by atoms with Crippen LogP contribution in [0.4, 0.5) is 21.9 Å². The summed E-state index contributed by atoms with van der Waals surface area (Å²) in [6, 6.07) is 21.5. The minimum absolute atomic E-state index is 0.168. The first-order valence-electron chi connectivity index (χ1n) is 13.5. The molecule has 1 aliphatic rings. The average molecular weight is 529 g/mol. The lowest BCUT2D eigenvalue weighted by atomic mass is 9.97. The van der Waals surface area contributed by atoms with Gasteiger partial charge in [-0.3, -0.25) is 4.79 Å². The molecule has 0 atom stereocenters. The van der Waals surface area contributed by atoms with Gasteiger partial charge in [0.2, 0.25) is 0 Å². The zero-order chi connectivity index (χ0) is 27.6. The average Bonchev–Trinajstić information content (AvgIpc) is 2.94. The van der Waals surface area contributed by atoms with Crippen LogP contribution in [0.5, 0.6) is 0 Å². The third kappa shape index (κ3) is 7.83. The number of hydrogen-bond acceptors (Lipinski definition) is 5. The lowest BCUT2D eigenvalue weighted by Gasteiger charge is -2.33. The Kier molecular flexibility index (Phi) is 9.56. The molecule has 0 bridgehead atoms. The Morgan fingerprint density at radius 1 is 0.897 bits per heavy atom. The number of nitrogens with one attached hydrogen (secondary N) is 3. The Hall–Kier alpha value is -4.33. The number of rotatable bonds is 9. The minimum Gasteiger partial charge on any atom is -0.462 e. The van der Waals surface area contributed by atoms with E-state index >= 15 is 0 Å². The fraction of sp³-hybridized carbons (Fsp3) is 0.323. The summed E-state index contributed by atoms with van der Waals surface area (Å²) in [5.41, 5.74) is 4.02. The number of ether oxygens (including phenoxy) is 1. The van der Waals surface area contributed by atoms with Gasteiger partial charge in [0.05, 0.1) is 17.7 Å². The van der Waals surface area contributed by atoms with Crippen molar-refractivity contribution in [2.24, 2.45) is 5.92 Å². The first kappa shape index (κ1) is 27.7. The van der Waals surface area contributed by atoms with E-state index in [2.05, 4.69) is 27.8 Å². The summed E-state index contributed by atoms with van der Waals surface area (Å²) in [6.45, 7) is 6.59. The summed E-state index contributed by atoms with van der Waals surface area (Å²) in [7, 11) is 0. The van der Waals surface area contributed by atoms with Crippen LogP contribution in [-0.4, -0.2) is 44.1 Å². The van der Waals surface area contributed by atoms with E-state index in [1.807, 2.05) is 42.5 Å². The lowest BCUT2D eigenvalue weighted by molar-refractivity contribution is 0.0526. The zero-order valence-corrected chi connectivity index (χ0v) is 22.5. The van der Waals surface area contributed by atoms with E-state index in [9.17, 15) is 14.4 Å². The first-order valence-corrected chi connectivity index (χ1v) is 13.5. The molecule has 3 aromatic rings. The highest BCUT2D eigenvalue weighted by Crippen LogP contribution is 2.29. The number of hydrogen-bond donors (Lipinski definition) is 3. The van der Waals surface area contributed by atoms with E-state index < -0.39 is 12.0 Å². The lowest BCUT2D eigenvalue weighted by Crippen LogP contribution is -2.35. The molecule has 0 spiro atoms. The molecule has 1 aliphatic heterocycles. The Balaban J connectivity index is 1.44. The molecule has 0 aliphatic carbocycles. The Labute approximate surface area is 229 Å². The summed E-state index contributed by atoms with van der Waals surface area (Å²) in [5.74, 6) is 0.0879. The molecule has 4 rings (SSSR count). The van der Waals surface area contributed by atoms with E-state index in [4.69, 9.17) is 4.74 Å². The second kappa shape index (κ2) is 13.5. The van der Waals surface area contributed by atoms with Crippen molar-refractivity contribution in [1.29, 1.82) is 0 Å². The summed E-state index contributed by atoms with van der Waals surface area (Å²) < 4.78 is 4.99. The van der Waals surface area contributed by atoms with Crippen molar-refractivity contribution < 1.29 is 19.1 Å². The van der Waals surface area contributed by atoms with Gasteiger partial charge in [0.25, 0.3) is 5.91 Å². The van der Waals surface area contributed by atoms with Gasteiger partial charge in [-0.1, -0.05) is 37.3 Å². The predicted octanol–water partition coefficient (Wildman–Crippen LogP) is 5.72. The van der Waals surface area contributed by atoms with E-state index in [-0.39, 0.29) is 5.91 Å². The molecule has 1 fully saturated rings. The van der Waals surface area contributed by atoms with Gasteiger partial charge in [-0.15, -0.1) is 0 Å². The molecular weight excluding hydrogens is 492 g/mol. The van der Waals surface area contributed by atoms with E-state index in [0.717, 1.165) is 43.6 Å². The van der Waals surface area contributed by atoms with Crippen LogP contribution in [0.2, 0.25) is 0 Å². The van der Waals surface area contributed by atoms with Crippen LogP contribution < -0.4 is 20.9 Å². The quantitative estimate of drug-likeness (QED) is 0.309. The Bertz CT molecular complexity index is 1270.